The Bertz CT molecular complexity index is 878. The summed E-state index contributed by atoms with van der Waals surface area (Å²) < 4.78 is 0. The fourth-order valence-corrected chi connectivity index (χ4v) is 3.46. The minimum absolute atomic E-state index is 0.422. The SMILES string of the molecule is Cc1cc(NC2CCN(Cc3ccccc3)CC2)nc(Nc2cnccn2)n1. The van der Waals surface area contributed by atoms with Crippen molar-refractivity contribution in [3.8, 4) is 0 Å². The summed E-state index contributed by atoms with van der Waals surface area (Å²) in [6, 6.07) is 13.1. The molecule has 0 radical (unpaired) electrons. The van der Waals surface area contributed by atoms with Crippen LogP contribution in [0.15, 0.2) is 55.0 Å². The van der Waals surface area contributed by atoms with Crippen molar-refractivity contribution in [2.45, 2.75) is 32.4 Å². The second kappa shape index (κ2) is 8.75. The highest BCUT2D eigenvalue weighted by atomic mass is 15.2. The van der Waals surface area contributed by atoms with E-state index < -0.39 is 0 Å². The van der Waals surface area contributed by atoms with Crippen molar-refractivity contribution in [1.29, 1.82) is 0 Å². The van der Waals surface area contributed by atoms with Gasteiger partial charge in [-0.2, -0.15) is 4.98 Å². The first-order valence-electron chi connectivity index (χ1n) is 9.66. The summed E-state index contributed by atoms with van der Waals surface area (Å²) in [7, 11) is 0. The molecule has 3 aromatic rings. The van der Waals surface area contributed by atoms with Crippen molar-refractivity contribution in [3.63, 3.8) is 0 Å². The Morgan fingerprint density at radius 3 is 2.61 bits per heavy atom. The maximum absolute atomic E-state index is 4.60. The molecule has 1 aliphatic rings. The van der Waals surface area contributed by atoms with E-state index in [0.717, 1.165) is 44.0 Å². The predicted octanol–water partition coefficient (Wildman–Crippen LogP) is 3.40. The van der Waals surface area contributed by atoms with Gasteiger partial charge in [-0.05, 0) is 25.3 Å². The van der Waals surface area contributed by atoms with Crippen LogP contribution in [0.3, 0.4) is 0 Å². The van der Waals surface area contributed by atoms with Gasteiger partial charge in [-0.3, -0.25) is 9.88 Å². The summed E-state index contributed by atoms with van der Waals surface area (Å²) in [6.45, 7) is 5.16. The number of hydrogen-bond acceptors (Lipinski definition) is 7. The fourth-order valence-electron chi connectivity index (χ4n) is 3.46. The summed E-state index contributed by atoms with van der Waals surface area (Å²) in [6.07, 6.45) is 7.13. The van der Waals surface area contributed by atoms with Crippen molar-refractivity contribution in [2.75, 3.05) is 23.7 Å². The molecule has 0 amide bonds. The minimum Gasteiger partial charge on any atom is -0.367 e. The maximum Gasteiger partial charge on any atom is 0.230 e. The van der Waals surface area contributed by atoms with E-state index in [1.54, 1.807) is 18.6 Å². The average molecular weight is 375 g/mol. The molecular weight excluding hydrogens is 350 g/mol. The number of benzene rings is 1. The molecule has 7 heteroatoms. The van der Waals surface area contributed by atoms with Crippen molar-refractivity contribution < 1.29 is 0 Å². The van der Waals surface area contributed by atoms with Crippen LogP contribution in [0.4, 0.5) is 17.6 Å². The summed E-state index contributed by atoms with van der Waals surface area (Å²) in [5.41, 5.74) is 2.28. The summed E-state index contributed by atoms with van der Waals surface area (Å²) >= 11 is 0. The van der Waals surface area contributed by atoms with Gasteiger partial charge in [0.15, 0.2) is 5.82 Å². The van der Waals surface area contributed by atoms with E-state index in [4.69, 9.17) is 0 Å². The van der Waals surface area contributed by atoms with Crippen LogP contribution in [-0.2, 0) is 6.54 Å². The van der Waals surface area contributed by atoms with E-state index in [1.807, 2.05) is 13.0 Å². The van der Waals surface area contributed by atoms with Crippen molar-refractivity contribution in [3.05, 3.63) is 66.2 Å². The van der Waals surface area contributed by atoms with Gasteiger partial charge in [-0.25, -0.2) is 9.97 Å². The lowest BCUT2D eigenvalue weighted by atomic mass is 10.0. The molecule has 1 aliphatic heterocycles. The number of anilines is 3. The van der Waals surface area contributed by atoms with Gasteiger partial charge < -0.3 is 10.6 Å². The van der Waals surface area contributed by atoms with Crippen LogP contribution in [0.2, 0.25) is 0 Å². The fraction of sp³-hybridized carbons (Fsp3) is 0.333. The van der Waals surface area contributed by atoms with Gasteiger partial charge in [0.2, 0.25) is 5.95 Å². The molecule has 4 rings (SSSR count). The lowest BCUT2D eigenvalue weighted by molar-refractivity contribution is 0.211. The second-order valence-electron chi connectivity index (χ2n) is 7.11. The van der Waals surface area contributed by atoms with Crippen LogP contribution in [0.1, 0.15) is 24.1 Å². The molecule has 1 saturated heterocycles. The molecule has 0 aliphatic carbocycles. The maximum atomic E-state index is 4.60. The Kier molecular flexibility index (Phi) is 5.72. The van der Waals surface area contributed by atoms with Crippen LogP contribution in [0, 0.1) is 6.92 Å². The Balaban J connectivity index is 1.33. The Hall–Kier alpha value is -3.06. The van der Waals surface area contributed by atoms with E-state index >= 15 is 0 Å². The molecule has 0 bridgehead atoms. The number of piperidine rings is 1. The molecule has 2 N–H and O–H groups in total. The van der Waals surface area contributed by atoms with E-state index in [1.165, 1.54) is 5.56 Å². The van der Waals surface area contributed by atoms with Gasteiger partial charge in [0.25, 0.3) is 0 Å². The monoisotopic (exact) mass is 375 g/mol. The van der Waals surface area contributed by atoms with Crippen LogP contribution >= 0.6 is 0 Å². The molecule has 0 saturated carbocycles. The zero-order chi connectivity index (χ0) is 19.2. The molecule has 1 aromatic carbocycles. The van der Waals surface area contributed by atoms with Crippen LogP contribution in [-0.4, -0.2) is 44.0 Å². The molecule has 28 heavy (non-hydrogen) atoms. The number of nitrogens with one attached hydrogen (secondary N) is 2. The van der Waals surface area contributed by atoms with Gasteiger partial charge in [-0.15, -0.1) is 0 Å². The highest BCUT2D eigenvalue weighted by Crippen LogP contribution is 2.19. The smallest absolute Gasteiger partial charge is 0.230 e. The zero-order valence-electron chi connectivity index (χ0n) is 16.0. The summed E-state index contributed by atoms with van der Waals surface area (Å²) in [5, 5.41) is 6.69. The molecule has 3 heterocycles. The number of nitrogens with zero attached hydrogens (tertiary/aromatic N) is 5. The van der Waals surface area contributed by atoms with Gasteiger partial charge >= 0.3 is 0 Å². The van der Waals surface area contributed by atoms with E-state index in [-0.39, 0.29) is 0 Å². The third-order valence-corrected chi connectivity index (χ3v) is 4.85. The van der Waals surface area contributed by atoms with Crippen LogP contribution in [0.5, 0.6) is 0 Å². The first kappa shape index (κ1) is 18.3. The number of aryl methyl sites for hydroxylation is 1. The Morgan fingerprint density at radius 2 is 1.86 bits per heavy atom. The molecule has 0 unspecified atom stereocenters. The van der Waals surface area contributed by atoms with Crippen molar-refractivity contribution in [1.82, 2.24) is 24.8 Å². The molecule has 144 valence electrons. The average Bonchev–Trinajstić information content (AvgIpc) is 2.71. The molecule has 7 nitrogen and oxygen atoms in total. The summed E-state index contributed by atoms with van der Waals surface area (Å²) in [5.74, 6) is 2.01. The molecule has 0 atom stereocenters. The molecule has 1 fully saturated rings. The molecule has 2 aromatic heterocycles. The van der Waals surface area contributed by atoms with E-state index in [9.17, 15) is 0 Å². The second-order valence-corrected chi connectivity index (χ2v) is 7.11. The van der Waals surface area contributed by atoms with Crippen LogP contribution in [0.25, 0.3) is 0 Å². The quantitative estimate of drug-likeness (QED) is 0.683. The predicted molar refractivity (Wildman–Crippen MR) is 110 cm³/mol. The third-order valence-electron chi connectivity index (χ3n) is 4.85. The Morgan fingerprint density at radius 1 is 1.04 bits per heavy atom. The number of hydrogen-bond donors (Lipinski definition) is 2. The van der Waals surface area contributed by atoms with Gasteiger partial charge in [0.1, 0.15) is 5.82 Å². The minimum atomic E-state index is 0.422. The first-order chi connectivity index (χ1) is 13.7. The normalized spacial score (nSPS) is 15.3. The number of aromatic nitrogens is 4. The molecule has 0 spiro atoms. The van der Waals surface area contributed by atoms with Gasteiger partial charge in [-0.1, -0.05) is 30.3 Å². The molecular formula is C21H25N7. The topological polar surface area (TPSA) is 78.9 Å². The summed E-state index contributed by atoms with van der Waals surface area (Å²) in [4.78, 5) is 19.8. The van der Waals surface area contributed by atoms with E-state index in [0.29, 0.717) is 17.8 Å². The highest BCUT2D eigenvalue weighted by molar-refractivity contribution is 5.50. The van der Waals surface area contributed by atoms with Crippen LogP contribution < -0.4 is 10.6 Å². The van der Waals surface area contributed by atoms with Gasteiger partial charge in [0, 0.05) is 49.8 Å². The Labute approximate surface area is 165 Å². The highest BCUT2D eigenvalue weighted by Gasteiger charge is 2.19. The first-order valence-corrected chi connectivity index (χ1v) is 9.66. The lowest BCUT2D eigenvalue weighted by Crippen LogP contribution is -2.38. The lowest BCUT2D eigenvalue weighted by Gasteiger charge is -2.32. The van der Waals surface area contributed by atoms with Crippen molar-refractivity contribution in [2.24, 2.45) is 0 Å². The third kappa shape index (κ3) is 5.01. The van der Waals surface area contributed by atoms with Gasteiger partial charge in [0.05, 0.1) is 6.20 Å². The zero-order valence-corrected chi connectivity index (χ0v) is 16.0. The number of likely N-dealkylation sites (tertiary alicyclic amines) is 1. The largest absolute Gasteiger partial charge is 0.367 e. The van der Waals surface area contributed by atoms with E-state index in [2.05, 4.69) is 65.8 Å². The number of rotatable bonds is 6. The van der Waals surface area contributed by atoms with Crippen molar-refractivity contribution >= 4 is 17.6 Å². The standard InChI is InChI=1S/C21H25N7/c1-16-13-19(26-21(24-16)27-20-14-22-9-10-23-20)25-18-7-11-28(12-8-18)15-17-5-3-2-4-6-17/h2-6,9-10,13-14,18H,7-8,11-12,15H2,1H3,(H2,23,24,25,26,27).